The summed E-state index contributed by atoms with van der Waals surface area (Å²) in [5, 5.41) is 6.98. The molecule has 1 atom stereocenters. The Morgan fingerprint density at radius 3 is 2.57 bits per heavy atom. The smallest absolute Gasteiger partial charge is 0.256 e. The number of aromatic nitrogens is 1. The Hall–Kier alpha value is -3.11. The quantitative estimate of drug-likeness (QED) is 0.247. The van der Waals surface area contributed by atoms with Crippen LogP contribution in [-0.4, -0.2) is 55.8 Å². The molecule has 8 nitrogen and oxygen atoms in total. The summed E-state index contributed by atoms with van der Waals surface area (Å²) in [7, 11) is -3.83. The monoisotopic (exact) mass is 654 g/mol. The lowest BCUT2D eigenvalue weighted by atomic mass is 9.96. The summed E-state index contributed by atoms with van der Waals surface area (Å²) in [5.74, 6) is -0.0975. The van der Waals surface area contributed by atoms with E-state index < -0.39 is 9.84 Å². The van der Waals surface area contributed by atoms with Gasteiger partial charge in [-0.05, 0) is 99.5 Å². The van der Waals surface area contributed by atoms with Gasteiger partial charge in [0, 0.05) is 57.4 Å². The van der Waals surface area contributed by atoms with E-state index in [0.29, 0.717) is 40.0 Å². The average molecular weight is 656 g/mol. The van der Waals surface area contributed by atoms with E-state index in [9.17, 15) is 18.0 Å². The Balaban J connectivity index is 1.22. The first kappa shape index (κ1) is 30.9. The average Bonchev–Trinajstić information content (AvgIpc) is 3.72. The van der Waals surface area contributed by atoms with Gasteiger partial charge in [0.05, 0.1) is 22.6 Å². The third-order valence-corrected chi connectivity index (χ3v) is 11.3. The molecule has 1 saturated carbocycles. The Morgan fingerprint density at radius 1 is 1.09 bits per heavy atom. The molecule has 2 aliphatic heterocycles. The number of amides is 2. The van der Waals surface area contributed by atoms with Crippen LogP contribution in [-0.2, 0) is 31.6 Å². The molecule has 2 fully saturated rings. The fourth-order valence-corrected chi connectivity index (χ4v) is 8.28. The number of nitrogens with zero attached hydrogens (tertiary/aromatic N) is 1. The molecule has 3 N–H and O–H groups in total. The minimum absolute atomic E-state index is 0.0625. The molecular weight excluding hydrogens is 619 g/mol. The van der Waals surface area contributed by atoms with Crippen molar-refractivity contribution in [3.05, 3.63) is 80.1 Å². The van der Waals surface area contributed by atoms with Crippen molar-refractivity contribution in [3.8, 4) is 0 Å². The van der Waals surface area contributed by atoms with Crippen LogP contribution in [0, 0.1) is 19.8 Å². The van der Waals surface area contributed by atoms with Gasteiger partial charge in [-0.3, -0.25) is 9.59 Å². The second kappa shape index (κ2) is 12.4. The van der Waals surface area contributed by atoms with Gasteiger partial charge in [0.15, 0.2) is 9.84 Å². The van der Waals surface area contributed by atoms with E-state index in [1.807, 2.05) is 18.7 Å². The van der Waals surface area contributed by atoms with Crippen molar-refractivity contribution in [2.24, 2.45) is 5.92 Å². The van der Waals surface area contributed by atoms with Gasteiger partial charge in [0.1, 0.15) is 0 Å². The van der Waals surface area contributed by atoms with Crippen molar-refractivity contribution in [2.75, 3.05) is 25.0 Å². The van der Waals surface area contributed by atoms with Crippen molar-refractivity contribution in [2.45, 2.75) is 62.6 Å². The topological polar surface area (TPSA) is 111 Å². The first-order chi connectivity index (χ1) is 21.0. The number of likely N-dealkylation sites (tertiary alicyclic amines) is 1. The number of benzene rings is 2. The van der Waals surface area contributed by atoms with Crippen LogP contribution in [0.1, 0.15) is 59.3 Å². The third-order valence-electron chi connectivity index (χ3n) is 8.92. The lowest BCUT2D eigenvalue weighted by Crippen LogP contribution is -2.43. The summed E-state index contributed by atoms with van der Waals surface area (Å²) < 4.78 is 26.8. The lowest BCUT2D eigenvalue weighted by Gasteiger charge is -2.33. The van der Waals surface area contributed by atoms with Crippen molar-refractivity contribution >= 4 is 62.2 Å². The fraction of sp³-hybridized carbons (Fsp3) is 0.394. The number of carbonyl (C=O) groups excluding carboxylic acids is 2. The van der Waals surface area contributed by atoms with Gasteiger partial charge in [-0.25, -0.2) is 8.42 Å². The zero-order valence-corrected chi connectivity index (χ0v) is 27.1. The van der Waals surface area contributed by atoms with Gasteiger partial charge in [0.25, 0.3) is 5.91 Å². The number of carbonyl (C=O) groups is 2. The maximum Gasteiger partial charge on any atom is 0.256 e. The molecule has 0 bridgehead atoms. The van der Waals surface area contributed by atoms with Crippen LogP contribution in [0.3, 0.4) is 0 Å². The van der Waals surface area contributed by atoms with Crippen LogP contribution in [0.25, 0.3) is 11.6 Å². The molecule has 11 heteroatoms. The van der Waals surface area contributed by atoms with E-state index >= 15 is 0 Å². The second-order valence-electron chi connectivity index (χ2n) is 12.2. The SMILES string of the molecule is Cc1[nH]c(C=C2C(=O)Nc3ccc(S(=O)(=O)Cc4c(Cl)cccc4Cl)cc32)c(C)c1CC(=O)N1CCC[C@@H](CNC2CC2)C1. The van der Waals surface area contributed by atoms with Gasteiger partial charge >= 0.3 is 0 Å². The lowest BCUT2D eigenvalue weighted by molar-refractivity contribution is -0.132. The summed E-state index contributed by atoms with van der Waals surface area (Å²) in [4.78, 5) is 31.8. The van der Waals surface area contributed by atoms with Crippen LogP contribution in [0.15, 0.2) is 41.3 Å². The summed E-state index contributed by atoms with van der Waals surface area (Å²) in [6.45, 7) is 6.41. The van der Waals surface area contributed by atoms with Crippen molar-refractivity contribution < 1.29 is 18.0 Å². The standard InChI is InChI=1S/C33H36Cl2N4O4S/c1-19-24(15-32(40)39-12-4-5-21(17-39)16-36-22-8-9-22)20(2)37-31(19)14-26-25-13-23(10-11-30(25)38-33(26)41)44(42,43)18-27-28(34)6-3-7-29(27)35/h3,6-7,10-11,13-14,21-22,36-37H,4-5,8-9,12,15-18H2,1-2H3,(H,38,41)/t21-/m0/s1. The highest BCUT2D eigenvalue weighted by Gasteiger charge is 2.30. The molecule has 0 radical (unpaired) electrons. The molecule has 1 aromatic heterocycles. The maximum absolute atomic E-state index is 13.4. The molecule has 3 heterocycles. The predicted octanol–water partition coefficient (Wildman–Crippen LogP) is 5.94. The number of hydrogen-bond acceptors (Lipinski definition) is 5. The molecule has 0 unspecified atom stereocenters. The third kappa shape index (κ3) is 6.47. The van der Waals surface area contributed by atoms with Crippen molar-refractivity contribution in [3.63, 3.8) is 0 Å². The number of halogens is 2. The van der Waals surface area contributed by atoms with E-state index in [0.717, 1.165) is 49.3 Å². The number of sulfone groups is 1. The Labute approximate surface area is 268 Å². The number of fused-ring (bicyclic) bond motifs is 1. The highest BCUT2D eigenvalue weighted by atomic mass is 35.5. The normalized spacial score (nSPS) is 19.4. The van der Waals surface area contributed by atoms with Crippen LogP contribution < -0.4 is 10.6 Å². The number of aryl methyl sites for hydroxylation is 1. The zero-order chi connectivity index (χ0) is 31.2. The van der Waals surface area contributed by atoms with E-state index in [4.69, 9.17) is 23.2 Å². The minimum atomic E-state index is -3.83. The van der Waals surface area contributed by atoms with Crippen LogP contribution in [0.5, 0.6) is 0 Å². The maximum atomic E-state index is 13.4. The first-order valence-electron chi connectivity index (χ1n) is 15.0. The zero-order valence-electron chi connectivity index (χ0n) is 24.8. The minimum Gasteiger partial charge on any atom is -0.359 e. The van der Waals surface area contributed by atoms with Crippen molar-refractivity contribution in [1.29, 1.82) is 0 Å². The fourth-order valence-electron chi connectivity index (χ4n) is 6.16. The second-order valence-corrected chi connectivity index (χ2v) is 15.0. The molecule has 2 amide bonds. The number of rotatable bonds is 9. The molecule has 2 aromatic carbocycles. The molecule has 1 aliphatic carbocycles. The van der Waals surface area contributed by atoms with Crippen LogP contribution in [0.4, 0.5) is 5.69 Å². The molecule has 0 spiro atoms. The van der Waals surface area contributed by atoms with Crippen LogP contribution in [0.2, 0.25) is 10.0 Å². The van der Waals surface area contributed by atoms with Gasteiger partial charge < -0.3 is 20.5 Å². The number of H-pyrrole nitrogens is 1. The number of aromatic amines is 1. The molecule has 3 aromatic rings. The molecule has 232 valence electrons. The first-order valence-corrected chi connectivity index (χ1v) is 17.4. The number of nitrogens with one attached hydrogen (secondary N) is 3. The van der Waals surface area contributed by atoms with E-state index in [1.54, 1.807) is 30.3 Å². The van der Waals surface area contributed by atoms with Gasteiger partial charge in [-0.15, -0.1) is 0 Å². The van der Waals surface area contributed by atoms with E-state index in [1.165, 1.54) is 25.0 Å². The largest absolute Gasteiger partial charge is 0.359 e. The summed E-state index contributed by atoms with van der Waals surface area (Å²) in [6, 6.07) is 10.1. The summed E-state index contributed by atoms with van der Waals surface area (Å²) in [5.41, 5.74) is 5.10. The molecule has 6 rings (SSSR count). The Morgan fingerprint density at radius 2 is 1.84 bits per heavy atom. The number of anilines is 1. The highest BCUT2D eigenvalue weighted by molar-refractivity contribution is 7.90. The Kier molecular flexibility index (Phi) is 8.67. The molecule has 44 heavy (non-hydrogen) atoms. The van der Waals surface area contributed by atoms with Gasteiger partial charge in [-0.1, -0.05) is 29.3 Å². The Bertz CT molecular complexity index is 1760. The number of piperidine rings is 1. The summed E-state index contributed by atoms with van der Waals surface area (Å²) in [6.07, 6.45) is 6.69. The van der Waals surface area contributed by atoms with E-state index in [-0.39, 0.29) is 38.9 Å². The van der Waals surface area contributed by atoms with Crippen LogP contribution >= 0.6 is 23.2 Å². The molecule has 3 aliphatic rings. The summed E-state index contributed by atoms with van der Waals surface area (Å²) >= 11 is 12.5. The predicted molar refractivity (Wildman–Crippen MR) is 175 cm³/mol. The highest BCUT2D eigenvalue weighted by Crippen LogP contribution is 2.37. The molecule has 1 saturated heterocycles. The van der Waals surface area contributed by atoms with Gasteiger partial charge in [0.2, 0.25) is 5.91 Å². The van der Waals surface area contributed by atoms with Gasteiger partial charge in [-0.2, -0.15) is 0 Å². The van der Waals surface area contributed by atoms with Crippen molar-refractivity contribution in [1.82, 2.24) is 15.2 Å². The molecular formula is C33H36Cl2N4O4S. The van der Waals surface area contributed by atoms with E-state index in [2.05, 4.69) is 15.6 Å². The number of hydrogen-bond donors (Lipinski definition) is 3.